The van der Waals surface area contributed by atoms with Crippen LogP contribution in [0.15, 0.2) is 29.4 Å². The summed E-state index contributed by atoms with van der Waals surface area (Å²) in [5, 5.41) is 7.26. The van der Waals surface area contributed by atoms with E-state index < -0.39 is 6.09 Å². The summed E-state index contributed by atoms with van der Waals surface area (Å²) in [6.45, 7) is 3.64. The Morgan fingerprint density at radius 1 is 1.43 bits per heavy atom. The average Bonchev–Trinajstić information content (AvgIpc) is 2.39. The van der Waals surface area contributed by atoms with Crippen molar-refractivity contribution in [2.75, 3.05) is 6.61 Å². The number of hydrazone groups is 1. The molecule has 0 heterocycles. The first-order chi connectivity index (χ1) is 9.88. The molecule has 0 atom stereocenters. The van der Waals surface area contributed by atoms with Gasteiger partial charge in [0.25, 0.3) is 0 Å². The third-order valence-corrected chi connectivity index (χ3v) is 2.57. The van der Waals surface area contributed by atoms with Crippen LogP contribution in [0.5, 0.6) is 0 Å². The van der Waals surface area contributed by atoms with Crippen molar-refractivity contribution in [1.82, 2.24) is 10.7 Å². The monoisotopic (exact) mass is 328 g/mol. The van der Waals surface area contributed by atoms with Crippen molar-refractivity contribution in [3.8, 4) is 0 Å². The highest BCUT2D eigenvalue weighted by Crippen LogP contribution is 2.10. The van der Waals surface area contributed by atoms with Crippen molar-refractivity contribution < 1.29 is 9.53 Å². The third-order valence-electron chi connectivity index (χ3n) is 2.23. The number of nitrogens with zero attached hydrogens (tertiary/aromatic N) is 1. The zero-order chi connectivity index (χ0) is 15.8. The number of hydrogen-bond donors (Lipinski definition) is 3. The van der Waals surface area contributed by atoms with Crippen LogP contribution in [0.3, 0.4) is 0 Å². The molecular formula is C13H17ClN4O2S. The molecule has 4 N–H and O–H groups in total. The van der Waals surface area contributed by atoms with E-state index in [0.717, 1.165) is 5.56 Å². The molecule has 0 fully saturated rings. The molecule has 8 heteroatoms. The van der Waals surface area contributed by atoms with Crippen molar-refractivity contribution in [1.29, 1.82) is 0 Å². The Morgan fingerprint density at radius 2 is 2.05 bits per heavy atom. The summed E-state index contributed by atoms with van der Waals surface area (Å²) in [6.07, 6.45) is -0.526. The lowest BCUT2D eigenvalue weighted by Gasteiger charge is -2.11. The standard InChI is InChI=1S/C13H17ClN4O2S/c1-8(2)16-13(19)20-7-11(17-18-12(15)21)9-3-5-10(14)6-4-9/h3-6,8H,7H2,1-2H3,(H,16,19)(H3,15,18,21)/b17-11+. The number of carbonyl (C=O) groups is 1. The van der Waals surface area contributed by atoms with E-state index in [1.54, 1.807) is 24.3 Å². The first kappa shape index (κ1) is 17.2. The molecule has 0 bridgehead atoms. The smallest absolute Gasteiger partial charge is 0.407 e. The number of alkyl carbamates (subject to hydrolysis) is 1. The highest BCUT2D eigenvalue weighted by molar-refractivity contribution is 7.80. The summed E-state index contributed by atoms with van der Waals surface area (Å²) in [5.41, 5.74) is 9.02. The molecule has 1 amide bonds. The normalized spacial score (nSPS) is 11.1. The maximum atomic E-state index is 11.5. The van der Waals surface area contributed by atoms with Gasteiger partial charge in [-0.25, -0.2) is 4.79 Å². The first-order valence-electron chi connectivity index (χ1n) is 6.19. The van der Waals surface area contributed by atoms with E-state index in [1.165, 1.54) is 0 Å². The molecule has 0 aromatic heterocycles. The molecule has 0 aliphatic heterocycles. The van der Waals surface area contributed by atoms with E-state index in [-0.39, 0.29) is 17.8 Å². The lowest BCUT2D eigenvalue weighted by molar-refractivity contribution is 0.159. The summed E-state index contributed by atoms with van der Waals surface area (Å²) >= 11 is 10.5. The number of halogens is 1. The number of nitrogens with two attached hydrogens (primary N) is 1. The number of thiocarbonyl (C=S) groups is 1. The van der Waals surface area contributed by atoms with Crippen molar-refractivity contribution in [2.24, 2.45) is 10.8 Å². The van der Waals surface area contributed by atoms with Crippen LogP contribution >= 0.6 is 23.8 Å². The second-order valence-electron chi connectivity index (χ2n) is 4.42. The number of benzene rings is 1. The van der Waals surface area contributed by atoms with Crippen molar-refractivity contribution in [3.63, 3.8) is 0 Å². The lowest BCUT2D eigenvalue weighted by atomic mass is 10.1. The number of ether oxygens (including phenoxy) is 1. The van der Waals surface area contributed by atoms with Gasteiger partial charge in [-0.1, -0.05) is 23.7 Å². The van der Waals surface area contributed by atoms with E-state index >= 15 is 0 Å². The van der Waals surface area contributed by atoms with E-state index in [2.05, 4.69) is 15.8 Å². The van der Waals surface area contributed by atoms with Crippen molar-refractivity contribution in [2.45, 2.75) is 19.9 Å². The topological polar surface area (TPSA) is 88.7 Å². The number of amides is 1. The quantitative estimate of drug-likeness (QED) is 0.437. The predicted molar refractivity (Wildman–Crippen MR) is 87.5 cm³/mol. The Kier molecular flexibility index (Phi) is 6.90. The van der Waals surface area contributed by atoms with E-state index in [1.807, 2.05) is 13.8 Å². The van der Waals surface area contributed by atoms with Gasteiger partial charge in [0, 0.05) is 16.6 Å². The molecule has 0 unspecified atom stereocenters. The molecule has 0 aliphatic rings. The fourth-order valence-corrected chi connectivity index (χ4v) is 1.53. The van der Waals surface area contributed by atoms with Gasteiger partial charge in [0.15, 0.2) is 5.11 Å². The predicted octanol–water partition coefficient (Wildman–Crippen LogP) is 2.01. The SMILES string of the molecule is CC(C)NC(=O)OC/C(=N\NC(N)=S)c1ccc(Cl)cc1. The fourth-order valence-electron chi connectivity index (χ4n) is 1.36. The zero-order valence-electron chi connectivity index (χ0n) is 11.7. The Hall–Kier alpha value is -1.86. The van der Waals surface area contributed by atoms with Gasteiger partial charge < -0.3 is 15.8 Å². The summed E-state index contributed by atoms with van der Waals surface area (Å²) in [4.78, 5) is 11.5. The van der Waals surface area contributed by atoms with Gasteiger partial charge in [0.1, 0.15) is 12.3 Å². The van der Waals surface area contributed by atoms with Crippen molar-refractivity contribution >= 4 is 40.7 Å². The zero-order valence-corrected chi connectivity index (χ0v) is 13.3. The number of nitrogens with one attached hydrogen (secondary N) is 2. The van der Waals surface area contributed by atoms with Gasteiger partial charge in [-0.15, -0.1) is 0 Å². The van der Waals surface area contributed by atoms with Crippen LogP contribution < -0.4 is 16.5 Å². The van der Waals surface area contributed by atoms with Crippen LogP contribution in [0.1, 0.15) is 19.4 Å². The van der Waals surface area contributed by atoms with E-state index in [9.17, 15) is 4.79 Å². The van der Waals surface area contributed by atoms with Crippen LogP contribution in [0.2, 0.25) is 5.02 Å². The molecule has 114 valence electrons. The highest BCUT2D eigenvalue weighted by Gasteiger charge is 2.09. The minimum Gasteiger partial charge on any atom is -0.443 e. The molecule has 1 aromatic carbocycles. The average molecular weight is 329 g/mol. The highest BCUT2D eigenvalue weighted by atomic mass is 35.5. The molecule has 0 saturated heterocycles. The molecule has 6 nitrogen and oxygen atoms in total. The Bertz CT molecular complexity index is 531. The first-order valence-corrected chi connectivity index (χ1v) is 6.98. The second kappa shape index (κ2) is 8.43. The van der Waals surface area contributed by atoms with E-state index in [4.69, 9.17) is 34.3 Å². The summed E-state index contributed by atoms with van der Waals surface area (Å²) in [6, 6.07) is 6.92. The molecule has 1 rings (SSSR count). The lowest BCUT2D eigenvalue weighted by Crippen LogP contribution is -2.33. The number of hydrogen-bond acceptors (Lipinski definition) is 4. The molecule has 1 aromatic rings. The van der Waals surface area contributed by atoms with Gasteiger partial charge >= 0.3 is 6.09 Å². The van der Waals surface area contributed by atoms with Gasteiger partial charge in [-0.05, 0) is 38.2 Å². The van der Waals surface area contributed by atoms with Gasteiger partial charge in [-0.2, -0.15) is 5.10 Å². The van der Waals surface area contributed by atoms with Crippen LogP contribution in [0.25, 0.3) is 0 Å². The second-order valence-corrected chi connectivity index (χ2v) is 5.29. The summed E-state index contributed by atoms with van der Waals surface area (Å²) in [5.74, 6) is 0. The Balaban J connectivity index is 2.78. The number of carbonyl (C=O) groups excluding carboxylic acids is 1. The Labute approximate surface area is 133 Å². The summed E-state index contributed by atoms with van der Waals surface area (Å²) in [7, 11) is 0. The maximum Gasteiger partial charge on any atom is 0.407 e. The molecular weight excluding hydrogens is 312 g/mol. The molecule has 0 spiro atoms. The molecule has 0 aliphatic carbocycles. The van der Waals surface area contributed by atoms with Crippen LogP contribution in [0.4, 0.5) is 4.79 Å². The fraction of sp³-hybridized carbons (Fsp3) is 0.308. The maximum absolute atomic E-state index is 11.5. The van der Waals surface area contributed by atoms with Gasteiger partial charge in [-0.3, -0.25) is 5.43 Å². The Morgan fingerprint density at radius 3 is 2.57 bits per heavy atom. The number of rotatable bonds is 5. The van der Waals surface area contributed by atoms with Crippen LogP contribution in [0, 0.1) is 0 Å². The van der Waals surface area contributed by atoms with Gasteiger partial charge in [0.2, 0.25) is 0 Å². The molecule has 0 saturated carbocycles. The third kappa shape index (κ3) is 6.92. The van der Waals surface area contributed by atoms with E-state index in [0.29, 0.717) is 10.7 Å². The van der Waals surface area contributed by atoms with Crippen LogP contribution in [-0.2, 0) is 4.74 Å². The van der Waals surface area contributed by atoms with Crippen molar-refractivity contribution in [3.05, 3.63) is 34.9 Å². The minimum absolute atomic E-state index is 0.0110. The molecule has 21 heavy (non-hydrogen) atoms. The molecule has 0 radical (unpaired) electrons. The summed E-state index contributed by atoms with van der Waals surface area (Å²) < 4.78 is 5.09. The van der Waals surface area contributed by atoms with Gasteiger partial charge in [0.05, 0.1) is 0 Å². The van der Waals surface area contributed by atoms with Crippen LogP contribution in [-0.4, -0.2) is 29.6 Å². The minimum atomic E-state index is -0.526. The largest absolute Gasteiger partial charge is 0.443 e.